The van der Waals surface area contributed by atoms with Crippen LogP contribution >= 0.6 is 0 Å². The summed E-state index contributed by atoms with van der Waals surface area (Å²) in [6, 6.07) is 4.47. The summed E-state index contributed by atoms with van der Waals surface area (Å²) in [7, 11) is 1.40. The van der Waals surface area contributed by atoms with Crippen LogP contribution in [0.5, 0.6) is 5.75 Å². The summed E-state index contributed by atoms with van der Waals surface area (Å²) in [5, 5.41) is 2.99. The molecule has 0 aliphatic carbocycles. The predicted molar refractivity (Wildman–Crippen MR) is 80.2 cm³/mol. The van der Waals surface area contributed by atoms with Crippen LogP contribution in [0.15, 0.2) is 18.2 Å². The van der Waals surface area contributed by atoms with Crippen molar-refractivity contribution in [2.75, 3.05) is 26.7 Å². The van der Waals surface area contributed by atoms with Gasteiger partial charge in [-0.15, -0.1) is 0 Å². The number of halogens is 1. The molecular weight excluding hydrogens is 271 g/mol. The lowest BCUT2D eigenvalue weighted by Crippen LogP contribution is -2.44. The third-order valence-electron chi connectivity index (χ3n) is 3.88. The molecule has 0 spiro atoms. The molecule has 1 aromatic carbocycles. The average Bonchev–Trinajstić information content (AvgIpc) is 2.49. The van der Waals surface area contributed by atoms with Crippen molar-refractivity contribution in [1.29, 1.82) is 0 Å². The van der Waals surface area contributed by atoms with Crippen molar-refractivity contribution in [3.63, 3.8) is 0 Å². The van der Waals surface area contributed by atoms with Gasteiger partial charge in [0.2, 0.25) is 0 Å². The zero-order chi connectivity index (χ0) is 15.2. The van der Waals surface area contributed by atoms with Crippen molar-refractivity contribution in [2.24, 2.45) is 0 Å². The molecule has 4 nitrogen and oxygen atoms in total. The van der Waals surface area contributed by atoms with Gasteiger partial charge in [0.1, 0.15) is 0 Å². The van der Waals surface area contributed by atoms with Crippen molar-refractivity contribution >= 4 is 5.91 Å². The van der Waals surface area contributed by atoms with E-state index >= 15 is 0 Å². The van der Waals surface area contributed by atoms with Gasteiger partial charge >= 0.3 is 0 Å². The van der Waals surface area contributed by atoms with E-state index in [0.29, 0.717) is 5.56 Å². The van der Waals surface area contributed by atoms with E-state index in [9.17, 15) is 9.18 Å². The van der Waals surface area contributed by atoms with Crippen LogP contribution in [0.4, 0.5) is 4.39 Å². The Labute approximate surface area is 125 Å². The van der Waals surface area contributed by atoms with Crippen LogP contribution in [0.3, 0.4) is 0 Å². The standard InChI is InChI=1S/C16H23FN2O2/c1-3-8-19-9-6-13(7-10-19)18-16(20)12-4-5-15(21-2)14(17)11-12/h4-5,11,13H,3,6-10H2,1-2H3,(H,18,20). The molecule has 116 valence electrons. The fourth-order valence-electron chi connectivity index (χ4n) is 2.69. The second kappa shape index (κ2) is 7.41. The predicted octanol–water partition coefficient (Wildman–Crippen LogP) is 2.44. The molecule has 1 heterocycles. The Morgan fingerprint density at radius 1 is 1.43 bits per heavy atom. The van der Waals surface area contributed by atoms with Crippen LogP contribution < -0.4 is 10.1 Å². The molecular formula is C16H23FN2O2. The van der Waals surface area contributed by atoms with Gasteiger partial charge in [0, 0.05) is 24.7 Å². The zero-order valence-electron chi connectivity index (χ0n) is 12.7. The molecule has 1 N–H and O–H groups in total. The van der Waals surface area contributed by atoms with Gasteiger partial charge < -0.3 is 15.0 Å². The summed E-state index contributed by atoms with van der Waals surface area (Å²) in [5.41, 5.74) is 0.337. The maximum atomic E-state index is 13.6. The lowest BCUT2D eigenvalue weighted by atomic mass is 10.0. The monoisotopic (exact) mass is 294 g/mol. The normalized spacial score (nSPS) is 16.7. The molecule has 1 amide bonds. The first kappa shape index (κ1) is 15.8. The number of methoxy groups -OCH3 is 1. The summed E-state index contributed by atoms with van der Waals surface area (Å²) in [4.78, 5) is 14.6. The summed E-state index contributed by atoms with van der Waals surface area (Å²) < 4.78 is 18.5. The van der Waals surface area contributed by atoms with Gasteiger partial charge in [-0.1, -0.05) is 6.92 Å². The molecule has 0 unspecified atom stereocenters. The van der Waals surface area contributed by atoms with Crippen molar-refractivity contribution in [2.45, 2.75) is 32.2 Å². The number of nitrogens with one attached hydrogen (secondary N) is 1. The maximum absolute atomic E-state index is 13.6. The van der Waals surface area contributed by atoms with Crippen molar-refractivity contribution in [1.82, 2.24) is 10.2 Å². The first-order valence-corrected chi connectivity index (χ1v) is 7.50. The number of benzene rings is 1. The van der Waals surface area contributed by atoms with E-state index in [-0.39, 0.29) is 17.7 Å². The molecule has 1 aliphatic heterocycles. The van der Waals surface area contributed by atoms with Gasteiger partial charge in [0.05, 0.1) is 7.11 Å². The molecule has 2 rings (SSSR count). The minimum absolute atomic E-state index is 0.152. The quantitative estimate of drug-likeness (QED) is 0.907. The molecule has 5 heteroatoms. The number of hydrogen-bond acceptors (Lipinski definition) is 3. The van der Waals surface area contributed by atoms with Gasteiger partial charge in [-0.2, -0.15) is 0 Å². The van der Waals surface area contributed by atoms with Crippen molar-refractivity contribution < 1.29 is 13.9 Å². The Morgan fingerprint density at radius 2 is 2.14 bits per heavy atom. The first-order valence-electron chi connectivity index (χ1n) is 7.50. The number of likely N-dealkylation sites (tertiary alicyclic amines) is 1. The smallest absolute Gasteiger partial charge is 0.251 e. The van der Waals surface area contributed by atoms with Crippen LogP contribution in [0.25, 0.3) is 0 Å². The largest absolute Gasteiger partial charge is 0.494 e. The van der Waals surface area contributed by atoms with Crippen LogP contribution in [0.1, 0.15) is 36.5 Å². The highest BCUT2D eigenvalue weighted by atomic mass is 19.1. The lowest BCUT2D eigenvalue weighted by molar-refractivity contribution is 0.0910. The number of carbonyl (C=O) groups excluding carboxylic acids is 1. The number of carbonyl (C=O) groups is 1. The van der Waals surface area contributed by atoms with Crippen LogP contribution in [0, 0.1) is 5.82 Å². The van der Waals surface area contributed by atoms with E-state index in [1.807, 2.05) is 0 Å². The Kier molecular flexibility index (Phi) is 5.56. The van der Waals surface area contributed by atoms with Crippen LogP contribution in [-0.4, -0.2) is 43.6 Å². The number of amides is 1. The summed E-state index contributed by atoms with van der Waals surface area (Å²) in [6.07, 6.45) is 3.05. The lowest BCUT2D eigenvalue weighted by Gasteiger charge is -2.32. The number of hydrogen-bond donors (Lipinski definition) is 1. The molecule has 1 aliphatic rings. The molecule has 1 aromatic rings. The Bertz CT molecular complexity index is 485. The number of rotatable bonds is 5. The fraction of sp³-hybridized carbons (Fsp3) is 0.562. The molecule has 0 bridgehead atoms. The van der Waals surface area contributed by atoms with Gasteiger partial charge in [-0.25, -0.2) is 4.39 Å². The highest BCUT2D eigenvalue weighted by Gasteiger charge is 2.21. The molecule has 0 atom stereocenters. The zero-order valence-corrected chi connectivity index (χ0v) is 12.7. The molecule has 1 saturated heterocycles. The Balaban J connectivity index is 1.89. The van der Waals surface area contributed by atoms with Gasteiger partial charge in [-0.05, 0) is 44.0 Å². The van der Waals surface area contributed by atoms with Gasteiger partial charge in [-0.3, -0.25) is 4.79 Å². The van der Waals surface area contributed by atoms with E-state index in [0.717, 1.165) is 38.9 Å². The molecule has 1 fully saturated rings. The SMILES string of the molecule is CCCN1CCC(NC(=O)c2ccc(OC)c(F)c2)CC1. The Morgan fingerprint density at radius 3 is 2.71 bits per heavy atom. The number of ether oxygens (including phenoxy) is 1. The second-order valence-corrected chi connectivity index (χ2v) is 5.44. The second-order valence-electron chi connectivity index (χ2n) is 5.44. The van der Waals surface area contributed by atoms with E-state index in [4.69, 9.17) is 4.74 Å². The summed E-state index contributed by atoms with van der Waals surface area (Å²) >= 11 is 0. The minimum atomic E-state index is -0.511. The van der Waals surface area contributed by atoms with E-state index in [2.05, 4.69) is 17.1 Å². The number of piperidine rings is 1. The van der Waals surface area contributed by atoms with Gasteiger partial charge in [0.25, 0.3) is 5.91 Å². The highest BCUT2D eigenvalue weighted by molar-refractivity contribution is 5.94. The van der Waals surface area contributed by atoms with Crippen LogP contribution in [0.2, 0.25) is 0 Å². The Hall–Kier alpha value is -1.62. The average molecular weight is 294 g/mol. The molecule has 0 saturated carbocycles. The van der Waals surface area contributed by atoms with Crippen molar-refractivity contribution in [3.8, 4) is 5.75 Å². The van der Waals surface area contributed by atoms with E-state index < -0.39 is 5.82 Å². The molecule has 21 heavy (non-hydrogen) atoms. The van der Waals surface area contributed by atoms with E-state index in [1.165, 1.54) is 19.2 Å². The maximum Gasteiger partial charge on any atom is 0.251 e. The van der Waals surface area contributed by atoms with Crippen molar-refractivity contribution in [3.05, 3.63) is 29.6 Å². The topological polar surface area (TPSA) is 41.6 Å². The highest BCUT2D eigenvalue weighted by Crippen LogP contribution is 2.18. The number of nitrogens with zero attached hydrogens (tertiary/aromatic N) is 1. The molecule has 0 aromatic heterocycles. The van der Waals surface area contributed by atoms with Gasteiger partial charge in [0.15, 0.2) is 11.6 Å². The first-order chi connectivity index (χ1) is 10.1. The van der Waals surface area contributed by atoms with Crippen LogP contribution in [-0.2, 0) is 0 Å². The summed E-state index contributed by atoms with van der Waals surface area (Å²) in [6.45, 7) is 5.31. The minimum Gasteiger partial charge on any atom is -0.494 e. The summed E-state index contributed by atoms with van der Waals surface area (Å²) in [5.74, 6) is -0.576. The fourth-order valence-corrected chi connectivity index (χ4v) is 2.69. The third-order valence-corrected chi connectivity index (χ3v) is 3.88. The third kappa shape index (κ3) is 4.17. The molecule has 0 radical (unpaired) electrons. The van der Waals surface area contributed by atoms with E-state index in [1.54, 1.807) is 6.07 Å².